The summed E-state index contributed by atoms with van der Waals surface area (Å²) < 4.78 is 5.40. The number of phenolic OH excluding ortho intramolecular Hbond substituents is 1. The number of halogens is 2. The fourth-order valence-electron chi connectivity index (χ4n) is 2.64. The second kappa shape index (κ2) is 9.29. The Morgan fingerprint density at radius 3 is 2.50 bits per heavy atom. The van der Waals surface area contributed by atoms with E-state index in [0.717, 1.165) is 38.3 Å². The predicted molar refractivity (Wildman–Crippen MR) is 86.6 cm³/mol. The minimum atomic E-state index is 0. The van der Waals surface area contributed by atoms with Crippen LogP contribution in [0, 0.1) is 0 Å². The average molecular weight is 323 g/mol. The Bertz CT molecular complexity index is 399. The molecule has 1 heterocycles. The molecule has 1 atom stereocenters. The van der Waals surface area contributed by atoms with Gasteiger partial charge in [0.2, 0.25) is 0 Å². The fraction of sp³-hybridized carbons (Fsp3) is 0.571. The van der Waals surface area contributed by atoms with Gasteiger partial charge in [0.15, 0.2) is 0 Å². The van der Waals surface area contributed by atoms with Crippen molar-refractivity contribution in [2.24, 2.45) is 0 Å². The highest BCUT2D eigenvalue weighted by Gasteiger charge is 2.23. The van der Waals surface area contributed by atoms with Gasteiger partial charge in [0, 0.05) is 43.9 Å². The topological polar surface area (TPSA) is 44.7 Å². The minimum absolute atomic E-state index is 0. The number of nitrogens with one attached hydrogen (secondary N) is 1. The number of hydrogen-bond acceptors (Lipinski definition) is 4. The van der Waals surface area contributed by atoms with Gasteiger partial charge in [-0.1, -0.05) is 13.0 Å². The van der Waals surface area contributed by atoms with Gasteiger partial charge in [0.05, 0.1) is 7.11 Å². The lowest BCUT2D eigenvalue weighted by atomic mass is 10.0. The van der Waals surface area contributed by atoms with E-state index < -0.39 is 0 Å². The second-order valence-corrected chi connectivity index (χ2v) is 4.64. The van der Waals surface area contributed by atoms with Crippen molar-refractivity contribution in [1.82, 2.24) is 10.2 Å². The van der Waals surface area contributed by atoms with Crippen LogP contribution in [0.2, 0.25) is 0 Å². The minimum Gasteiger partial charge on any atom is -0.508 e. The molecule has 0 radical (unpaired) electrons. The quantitative estimate of drug-likeness (QED) is 0.894. The maximum Gasteiger partial charge on any atom is 0.127 e. The van der Waals surface area contributed by atoms with Crippen LogP contribution in [0.1, 0.15) is 24.9 Å². The molecule has 1 fully saturated rings. The monoisotopic (exact) mass is 322 g/mol. The van der Waals surface area contributed by atoms with Crippen LogP contribution in [-0.2, 0) is 0 Å². The highest BCUT2D eigenvalue weighted by atomic mass is 35.5. The molecule has 0 saturated carbocycles. The number of methoxy groups -OCH3 is 1. The number of piperazine rings is 1. The number of benzene rings is 1. The van der Waals surface area contributed by atoms with Crippen LogP contribution in [0.5, 0.6) is 11.5 Å². The number of rotatable bonds is 4. The van der Waals surface area contributed by atoms with E-state index in [4.69, 9.17) is 4.74 Å². The maximum absolute atomic E-state index is 9.53. The molecular formula is C14H24Cl2N2O2. The lowest BCUT2D eigenvalue weighted by Crippen LogP contribution is -2.45. The smallest absolute Gasteiger partial charge is 0.127 e. The fourth-order valence-corrected chi connectivity index (χ4v) is 2.64. The van der Waals surface area contributed by atoms with E-state index in [0.29, 0.717) is 6.04 Å². The molecule has 0 unspecified atom stereocenters. The zero-order valence-electron chi connectivity index (χ0n) is 12.0. The van der Waals surface area contributed by atoms with Crippen LogP contribution in [0.3, 0.4) is 0 Å². The molecule has 2 rings (SSSR count). The summed E-state index contributed by atoms with van der Waals surface area (Å²) in [4.78, 5) is 2.48. The van der Waals surface area contributed by atoms with Crippen molar-refractivity contribution in [2.75, 3.05) is 33.3 Å². The molecule has 1 aliphatic heterocycles. The van der Waals surface area contributed by atoms with Crippen molar-refractivity contribution < 1.29 is 9.84 Å². The molecule has 0 aliphatic carbocycles. The van der Waals surface area contributed by atoms with Crippen molar-refractivity contribution in [2.45, 2.75) is 19.4 Å². The number of ether oxygens (including phenoxy) is 1. The third-order valence-corrected chi connectivity index (χ3v) is 3.56. The van der Waals surface area contributed by atoms with Crippen LogP contribution in [0.25, 0.3) is 0 Å². The lowest BCUT2D eigenvalue weighted by molar-refractivity contribution is 0.166. The molecular weight excluding hydrogens is 299 g/mol. The first-order valence-electron chi connectivity index (χ1n) is 6.58. The molecule has 20 heavy (non-hydrogen) atoms. The van der Waals surface area contributed by atoms with Gasteiger partial charge in [-0.25, -0.2) is 0 Å². The molecule has 1 aromatic carbocycles. The van der Waals surface area contributed by atoms with E-state index in [9.17, 15) is 5.11 Å². The molecule has 116 valence electrons. The molecule has 0 amide bonds. The van der Waals surface area contributed by atoms with E-state index in [1.807, 2.05) is 6.07 Å². The first-order valence-corrected chi connectivity index (χ1v) is 6.58. The summed E-state index contributed by atoms with van der Waals surface area (Å²) in [5.41, 5.74) is 1.17. The molecule has 2 N–H and O–H groups in total. The van der Waals surface area contributed by atoms with Crippen molar-refractivity contribution in [3.05, 3.63) is 23.8 Å². The molecule has 0 aromatic heterocycles. The summed E-state index contributed by atoms with van der Waals surface area (Å²) in [6, 6.07) is 5.77. The molecule has 1 saturated heterocycles. The normalized spacial score (nSPS) is 16.7. The van der Waals surface area contributed by atoms with E-state index in [2.05, 4.69) is 17.1 Å². The molecule has 1 aliphatic rings. The first kappa shape index (κ1) is 19.3. The largest absolute Gasteiger partial charge is 0.508 e. The second-order valence-electron chi connectivity index (χ2n) is 4.64. The number of nitrogens with zero attached hydrogens (tertiary/aromatic N) is 1. The third-order valence-electron chi connectivity index (χ3n) is 3.56. The van der Waals surface area contributed by atoms with Crippen molar-refractivity contribution in [3.8, 4) is 11.5 Å². The first-order chi connectivity index (χ1) is 8.76. The Morgan fingerprint density at radius 2 is 1.95 bits per heavy atom. The highest BCUT2D eigenvalue weighted by molar-refractivity contribution is 5.85. The summed E-state index contributed by atoms with van der Waals surface area (Å²) in [6.07, 6.45) is 1.04. The van der Waals surface area contributed by atoms with Gasteiger partial charge in [-0.3, -0.25) is 4.90 Å². The van der Waals surface area contributed by atoms with E-state index in [1.165, 1.54) is 5.56 Å². The Balaban J connectivity index is 0.00000180. The van der Waals surface area contributed by atoms with Crippen LogP contribution < -0.4 is 10.1 Å². The van der Waals surface area contributed by atoms with Gasteiger partial charge < -0.3 is 15.2 Å². The zero-order valence-corrected chi connectivity index (χ0v) is 13.6. The van der Waals surface area contributed by atoms with Crippen molar-refractivity contribution in [3.63, 3.8) is 0 Å². The summed E-state index contributed by atoms with van der Waals surface area (Å²) >= 11 is 0. The van der Waals surface area contributed by atoms with Crippen molar-refractivity contribution >= 4 is 24.8 Å². The summed E-state index contributed by atoms with van der Waals surface area (Å²) in [5.74, 6) is 1.03. The van der Waals surface area contributed by atoms with E-state index in [1.54, 1.807) is 19.2 Å². The van der Waals surface area contributed by atoms with Crippen molar-refractivity contribution in [1.29, 1.82) is 0 Å². The third kappa shape index (κ3) is 4.42. The molecule has 1 aromatic rings. The van der Waals surface area contributed by atoms with Gasteiger partial charge in [-0.05, 0) is 12.5 Å². The lowest BCUT2D eigenvalue weighted by Gasteiger charge is -2.35. The van der Waals surface area contributed by atoms with Crippen LogP contribution in [0.4, 0.5) is 0 Å². The molecule has 6 heteroatoms. The van der Waals surface area contributed by atoms with Gasteiger partial charge in [-0.15, -0.1) is 24.8 Å². The molecule has 4 nitrogen and oxygen atoms in total. The van der Waals surface area contributed by atoms with Crippen LogP contribution in [0.15, 0.2) is 18.2 Å². The number of phenols is 1. The van der Waals surface area contributed by atoms with E-state index >= 15 is 0 Å². The SMILES string of the molecule is CC[C@H](c1ccc(O)cc1OC)N1CCNCC1.Cl.Cl. The molecule has 0 bridgehead atoms. The number of aromatic hydroxyl groups is 1. The molecule has 0 spiro atoms. The summed E-state index contributed by atoms with van der Waals surface area (Å²) in [6.45, 7) is 6.39. The van der Waals surface area contributed by atoms with Gasteiger partial charge >= 0.3 is 0 Å². The Hall–Kier alpha value is -0.680. The standard InChI is InChI=1S/C14H22N2O2.2ClH/c1-3-13(16-8-6-15-7-9-16)12-5-4-11(17)10-14(12)18-2;;/h4-5,10,13,15,17H,3,6-9H2,1-2H3;2*1H/t13-;;/m1../s1. The Kier molecular flexibility index (Phi) is 8.98. The van der Waals surface area contributed by atoms with Gasteiger partial charge in [0.1, 0.15) is 11.5 Å². The predicted octanol–water partition coefficient (Wildman–Crippen LogP) is 2.60. The Morgan fingerprint density at radius 1 is 1.30 bits per heavy atom. The van der Waals surface area contributed by atoms with Gasteiger partial charge in [0.25, 0.3) is 0 Å². The van der Waals surface area contributed by atoms with Crippen LogP contribution in [-0.4, -0.2) is 43.3 Å². The van der Waals surface area contributed by atoms with Gasteiger partial charge in [-0.2, -0.15) is 0 Å². The van der Waals surface area contributed by atoms with Crippen LogP contribution >= 0.6 is 24.8 Å². The average Bonchev–Trinajstić information content (AvgIpc) is 2.42. The maximum atomic E-state index is 9.53. The zero-order chi connectivity index (χ0) is 13.0. The summed E-state index contributed by atoms with van der Waals surface area (Å²) in [7, 11) is 1.66. The number of hydrogen-bond donors (Lipinski definition) is 2. The highest BCUT2D eigenvalue weighted by Crippen LogP contribution is 2.34. The Labute approximate surface area is 133 Å². The summed E-state index contributed by atoms with van der Waals surface area (Å²) in [5, 5.41) is 12.9. The van der Waals surface area contributed by atoms with E-state index in [-0.39, 0.29) is 30.6 Å².